The lowest BCUT2D eigenvalue weighted by molar-refractivity contribution is 0.0997. The molecule has 5 nitrogen and oxygen atoms in total. The molecule has 0 spiro atoms. The molecule has 4 rings (SSSR count). The van der Waals surface area contributed by atoms with Crippen LogP contribution >= 0.6 is 0 Å². The first-order valence-corrected chi connectivity index (χ1v) is 8.36. The lowest BCUT2D eigenvalue weighted by Gasteiger charge is -2.08. The monoisotopic (exact) mass is 357 g/mol. The van der Waals surface area contributed by atoms with Crippen LogP contribution in [0.2, 0.25) is 0 Å². The molecule has 4 aromatic rings. The molecular weight excluding hydrogens is 342 g/mol. The zero-order chi connectivity index (χ0) is 18.6. The minimum Gasteiger partial charge on any atom is -0.457 e. The Bertz CT molecular complexity index is 1150. The van der Waals surface area contributed by atoms with Crippen molar-refractivity contribution in [1.82, 2.24) is 0 Å². The minimum absolute atomic E-state index is 0.0386. The quantitative estimate of drug-likeness (QED) is 0.567. The summed E-state index contributed by atoms with van der Waals surface area (Å²) in [6.45, 7) is 0. The highest BCUT2D eigenvalue weighted by Crippen LogP contribution is 2.23. The Morgan fingerprint density at radius 1 is 0.815 bits per heavy atom. The number of carbonyl (C=O) groups excluding carboxylic acids is 1. The van der Waals surface area contributed by atoms with Gasteiger partial charge >= 0.3 is 0 Å². The molecule has 0 saturated heterocycles. The summed E-state index contributed by atoms with van der Waals surface area (Å²) in [6, 6.07) is 24.4. The molecule has 0 atom stereocenters. The standard InChI is InChI=1S/C22H15NO4/c24-19-14-21(27-20-9-5-4-8-18(19)20)22(25)23-15-10-12-17(13-11-15)26-16-6-2-1-3-7-16/h1-14H,(H,23,25). The van der Waals surface area contributed by atoms with Crippen LogP contribution in [0.25, 0.3) is 11.0 Å². The molecule has 1 N–H and O–H groups in total. The van der Waals surface area contributed by atoms with Crippen LogP contribution in [0.1, 0.15) is 10.6 Å². The summed E-state index contributed by atoms with van der Waals surface area (Å²) in [5, 5.41) is 3.16. The predicted octanol–water partition coefficient (Wildman–Crippen LogP) is 4.84. The van der Waals surface area contributed by atoms with Crippen molar-refractivity contribution in [3.8, 4) is 11.5 Å². The summed E-state index contributed by atoms with van der Waals surface area (Å²) < 4.78 is 11.3. The van der Waals surface area contributed by atoms with Crippen molar-refractivity contribution >= 4 is 22.6 Å². The van der Waals surface area contributed by atoms with E-state index in [1.807, 2.05) is 30.3 Å². The number of benzene rings is 3. The smallest absolute Gasteiger partial charge is 0.291 e. The molecule has 3 aromatic carbocycles. The van der Waals surface area contributed by atoms with Gasteiger partial charge in [0, 0.05) is 11.8 Å². The minimum atomic E-state index is -0.491. The number of fused-ring (bicyclic) bond motifs is 1. The van der Waals surface area contributed by atoms with Crippen LogP contribution < -0.4 is 15.5 Å². The number of hydrogen-bond acceptors (Lipinski definition) is 4. The summed E-state index contributed by atoms with van der Waals surface area (Å²) in [5.41, 5.74) is 0.687. The fourth-order valence-electron chi connectivity index (χ4n) is 2.64. The maximum Gasteiger partial charge on any atom is 0.291 e. The molecule has 1 amide bonds. The Morgan fingerprint density at radius 3 is 2.26 bits per heavy atom. The summed E-state index contributed by atoms with van der Waals surface area (Å²) >= 11 is 0. The Morgan fingerprint density at radius 2 is 1.48 bits per heavy atom. The van der Waals surface area contributed by atoms with Gasteiger partial charge in [-0.15, -0.1) is 0 Å². The van der Waals surface area contributed by atoms with E-state index in [4.69, 9.17) is 9.15 Å². The molecule has 0 radical (unpaired) electrons. The Kier molecular flexibility index (Phi) is 4.41. The number of ether oxygens (including phenoxy) is 1. The average Bonchev–Trinajstić information content (AvgIpc) is 2.70. The first kappa shape index (κ1) is 16.6. The van der Waals surface area contributed by atoms with Crippen molar-refractivity contribution in [2.45, 2.75) is 0 Å². The number of rotatable bonds is 4. The highest BCUT2D eigenvalue weighted by molar-refractivity contribution is 6.02. The zero-order valence-electron chi connectivity index (χ0n) is 14.2. The molecular formula is C22H15NO4. The summed E-state index contributed by atoms with van der Waals surface area (Å²) in [6.07, 6.45) is 0. The van der Waals surface area contributed by atoms with E-state index >= 15 is 0 Å². The fraction of sp³-hybridized carbons (Fsp3) is 0. The summed E-state index contributed by atoms with van der Waals surface area (Å²) in [4.78, 5) is 24.5. The Hall–Kier alpha value is -3.86. The zero-order valence-corrected chi connectivity index (χ0v) is 14.2. The molecule has 27 heavy (non-hydrogen) atoms. The third-order valence-electron chi connectivity index (χ3n) is 3.95. The number of para-hydroxylation sites is 2. The molecule has 1 aromatic heterocycles. The van der Waals surface area contributed by atoms with Crippen molar-refractivity contribution in [1.29, 1.82) is 0 Å². The van der Waals surface area contributed by atoms with Gasteiger partial charge in [-0.25, -0.2) is 0 Å². The van der Waals surface area contributed by atoms with E-state index in [-0.39, 0.29) is 11.2 Å². The van der Waals surface area contributed by atoms with Gasteiger partial charge in [0.05, 0.1) is 5.39 Å². The van der Waals surface area contributed by atoms with Gasteiger partial charge in [-0.2, -0.15) is 0 Å². The van der Waals surface area contributed by atoms with Gasteiger partial charge in [0.15, 0.2) is 11.2 Å². The van der Waals surface area contributed by atoms with Crippen LogP contribution in [0.5, 0.6) is 11.5 Å². The van der Waals surface area contributed by atoms with E-state index in [0.29, 0.717) is 22.4 Å². The molecule has 0 unspecified atom stereocenters. The molecule has 0 aliphatic rings. The van der Waals surface area contributed by atoms with E-state index < -0.39 is 5.91 Å². The first-order chi connectivity index (χ1) is 13.2. The molecule has 0 fully saturated rings. The number of carbonyl (C=O) groups is 1. The maximum atomic E-state index is 12.4. The number of anilines is 1. The van der Waals surface area contributed by atoms with Gasteiger partial charge in [-0.3, -0.25) is 9.59 Å². The number of amides is 1. The lowest BCUT2D eigenvalue weighted by atomic mass is 10.2. The molecule has 0 bridgehead atoms. The van der Waals surface area contributed by atoms with Gasteiger partial charge in [-0.1, -0.05) is 30.3 Å². The van der Waals surface area contributed by atoms with Crippen molar-refractivity contribution in [3.05, 3.63) is 101 Å². The van der Waals surface area contributed by atoms with Gasteiger partial charge in [0.25, 0.3) is 5.91 Å². The Balaban J connectivity index is 1.50. The summed E-state index contributed by atoms with van der Waals surface area (Å²) in [7, 11) is 0. The number of nitrogens with one attached hydrogen (secondary N) is 1. The molecule has 1 heterocycles. The fourth-order valence-corrected chi connectivity index (χ4v) is 2.64. The van der Waals surface area contributed by atoms with E-state index in [9.17, 15) is 9.59 Å². The SMILES string of the molecule is O=C(Nc1ccc(Oc2ccccc2)cc1)c1cc(=O)c2ccccc2o1. The lowest BCUT2D eigenvalue weighted by Crippen LogP contribution is -2.14. The van der Waals surface area contributed by atoms with Crippen molar-refractivity contribution in [2.24, 2.45) is 0 Å². The van der Waals surface area contributed by atoms with Crippen LogP contribution in [0.3, 0.4) is 0 Å². The maximum absolute atomic E-state index is 12.4. The normalized spacial score (nSPS) is 10.5. The van der Waals surface area contributed by atoms with Gasteiger partial charge < -0.3 is 14.5 Å². The van der Waals surface area contributed by atoms with Crippen molar-refractivity contribution in [2.75, 3.05) is 5.32 Å². The molecule has 0 aliphatic carbocycles. The Labute approximate surface area is 154 Å². The van der Waals surface area contributed by atoms with Gasteiger partial charge in [-0.05, 0) is 48.5 Å². The predicted molar refractivity (Wildman–Crippen MR) is 103 cm³/mol. The second-order valence-corrected chi connectivity index (χ2v) is 5.86. The van der Waals surface area contributed by atoms with Crippen LogP contribution in [-0.2, 0) is 0 Å². The van der Waals surface area contributed by atoms with Crippen LogP contribution in [-0.4, -0.2) is 5.91 Å². The highest BCUT2D eigenvalue weighted by atomic mass is 16.5. The van der Waals surface area contributed by atoms with Crippen molar-refractivity contribution in [3.63, 3.8) is 0 Å². The van der Waals surface area contributed by atoms with Gasteiger partial charge in [0.2, 0.25) is 0 Å². The van der Waals surface area contributed by atoms with Crippen LogP contribution in [0.15, 0.2) is 94.1 Å². The topological polar surface area (TPSA) is 68.5 Å². The molecule has 5 heteroatoms. The van der Waals surface area contributed by atoms with E-state index in [0.717, 1.165) is 5.75 Å². The van der Waals surface area contributed by atoms with E-state index in [1.165, 1.54) is 6.07 Å². The highest BCUT2D eigenvalue weighted by Gasteiger charge is 2.12. The van der Waals surface area contributed by atoms with E-state index in [2.05, 4.69) is 5.32 Å². The van der Waals surface area contributed by atoms with E-state index in [1.54, 1.807) is 48.5 Å². The van der Waals surface area contributed by atoms with Crippen molar-refractivity contribution < 1.29 is 13.9 Å². The van der Waals surface area contributed by atoms with Gasteiger partial charge in [0.1, 0.15) is 17.1 Å². The number of hydrogen-bond donors (Lipinski definition) is 1. The van der Waals surface area contributed by atoms with Crippen LogP contribution in [0.4, 0.5) is 5.69 Å². The summed E-state index contributed by atoms with van der Waals surface area (Å²) in [5.74, 6) is 0.849. The molecule has 0 aliphatic heterocycles. The average molecular weight is 357 g/mol. The first-order valence-electron chi connectivity index (χ1n) is 8.36. The second-order valence-electron chi connectivity index (χ2n) is 5.86. The largest absolute Gasteiger partial charge is 0.457 e. The van der Waals surface area contributed by atoms with Crippen LogP contribution in [0, 0.1) is 0 Å². The molecule has 132 valence electrons. The molecule has 0 saturated carbocycles. The third kappa shape index (κ3) is 3.72. The third-order valence-corrected chi connectivity index (χ3v) is 3.95. The second kappa shape index (κ2) is 7.17.